The normalized spacial score (nSPS) is 16.1. The van der Waals surface area contributed by atoms with E-state index in [0.717, 1.165) is 19.5 Å². The summed E-state index contributed by atoms with van der Waals surface area (Å²) in [4.78, 5) is 14.6. The summed E-state index contributed by atoms with van der Waals surface area (Å²) in [6, 6.07) is 13.9. The second-order valence-electron chi connectivity index (χ2n) is 6.23. The predicted molar refractivity (Wildman–Crippen MR) is 96.5 cm³/mol. The molecule has 1 aliphatic rings. The molecule has 6 nitrogen and oxygen atoms in total. The maximum Gasteiger partial charge on any atom is 0.241 e. The number of sulfonamides is 1. The van der Waals surface area contributed by atoms with E-state index < -0.39 is 10.0 Å². The SMILES string of the molecule is C[C@H](C(=O)Nc1cccc(S(N)(=O)=O)c1)N1CCc2ccccc2C1. The molecule has 0 aliphatic carbocycles. The molecule has 25 heavy (non-hydrogen) atoms. The molecule has 0 radical (unpaired) electrons. The molecule has 3 rings (SSSR count). The first kappa shape index (κ1) is 17.6. The van der Waals surface area contributed by atoms with Gasteiger partial charge < -0.3 is 5.32 Å². The number of hydrogen-bond donors (Lipinski definition) is 2. The van der Waals surface area contributed by atoms with Crippen LogP contribution < -0.4 is 10.5 Å². The fourth-order valence-electron chi connectivity index (χ4n) is 3.01. The smallest absolute Gasteiger partial charge is 0.241 e. The molecule has 0 saturated heterocycles. The summed E-state index contributed by atoms with van der Waals surface area (Å²) in [5, 5.41) is 7.90. The summed E-state index contributed by atoms with van der Waals surface area (Å²) in [7, 11) is -3.80. The van der Waals surface area contributed by atoms with Crippen LogP contribution in [0.25, 0.3) is 0 Å². The van der Waals surface area contributed by atoms with Gasteiger partial charge in [0.1, 0.15) is 0 Å². The van der Waals surface area contributed by atoms with Crippen LogP contribution in [0.3, 0.4) is 0 Å². The number of nitrogens with one attached hydrogen (secondary N) is 1. The van der Waals surface area contributed by atoms with E-state index in [1.165, 1.54) is 23.3 Å². The van der Waals surface area contributed by atoms with Crippen molar-refractivity contribution in [3.63, 3.8) is 0 Å². The molecule has 0 aromatic heterocycles. The van der Waals surface area contributed by atoms with E-state index in [1.54, 1.807) is 12.1 Å². The Morgan fingerprint density at radius 2 is 1.88 bits per heavy atom. The summed E-state index contributed by atoms with van der Waals surface area (Å²) in [6.45, 7) is 3.39. The van der Waals surface area contributed by atoms with Gasteiger partial charge in [0.25, 0.3) is 0 Å². The molecule has 0 saturated carbocycles. The number of anilines is 1. The van der Waals surface area contributed by atoms with Crippen LogP contribution in [0.2, 0.25) is 0 Å². The molecular weight excluding hydrogens is 338 g/mol. The van der Waals surface area contributed by atoms with Crippen molar-refractivity contribution in [1.29, 1.82) is 0 Å². The molecule has 7 heteroatoms. The van der Waals surface area contributed by atoms with Crippen molar-refractivity contribution in [3.8, 4) is 0 Å². The van der Waals surface area contributed by atoms with Gasteiger partial charge in [-0.25, -0.2) is 13.6 Å². The van der Waals surface area contributed by atoms with Crippen LogP contribution in [0.1, 0.15) is 18.1 Å². The number of hydrogen-bond acceptors (Lipinski definition) is 4. The molecule has 0 unspecified atom stereocenters. The quantitative estimate of drug-likeness (QED) is 0.869. The Balaban J connectivity index is 1.70. The lowest BCUT2D eigenvalue weighted by Gasteiger charge is -2.32. The second kappa shape index (κ2) is 6.95. The Hall–Kier alpha value is -2.22. The predicted octanol–water partition coefficient (Wildman–Crippen LogP) is 1.72. The molecular formula is C18H21N3O3S. The van der Waals surface area contributed by atoms with Crippen molar-refractivity contribution < 1.29 is 13.2 Å². The topological polar surface area (TPSA) is 92.5 Å². The van der Waals surface area contributed by atoms with Gasteiger partial charge in [-0.05, 0) is 42.7 Å². The zero-order chi connectivity index (χ0) is 18.0. The fraction of sp³-hybridized carbons (Fsp3) is 0.278. The third-order valence-corrected chi connectivity index (χ3v) is 5.43. The first-order chi connectivity index (χ1) is 11.8. The van der Waals surface area contributed by atoms with Crippen molar-refractivity contribution >= 4 is 21.6 Å². The molecule has 2 aromatic rings. The van der Waals surface area contributed by atoms with Crippen LogP contribution in [-0.4, -0.2) is 31.8 Å². The highest BCUT2D eigenvalue weighted by molar-refractivity contribution is 7.89. The summed E-state index contributed by atoms with van der Waals surface area (Å²) in [6.07, 6.45) is 0.911. The first-order valence-electron chi connectivity index (χ1n) is 8.09. The van der Waals surface area contributed by atoms with Gasteiger partial charge in [-0.3, -0.25) is 9.69 Å². The van der Waals surface area contributed by atoms with Crippen LogP contribution in [0, 0.1) is 0 Å². The molecule has 2 aromatic carbocycles. The molecule has 0 spiro atoms. The summed E-state index contributed by atoms with van der Waals surface area (Å²) in [5.41, 5.74) is 2.98. The van der Waals surface area contributed by atoms with Gasteiger partial charge in [0.15, 0.2) is 0 Å². The highest BCUT2D eigenvalue weighted by Crippen LogP contribution is 2.21. The Bertz CT molecular complexity index is 896. The zero-order valence-corrected chi connectivity index (χ0v) is 14.8. The van der Waals surface area contributed by atoms with E-state index in [1.807, 2.05) is 19.1 Å². The van der Waals surface area contributed by atoms with E-state index in [0.29, 0.717) is 5.69 Å². The van der Waals surface area contributed by atoms with Crippen LogP contribution in [0.4, 0.5) is 5.69 Å². The van der Waals surface area contributed by atoms with E-state index in [2.05, 4.69) is 22.3 Å². The van der Waals surface area contributed by atoms with E-state index in [4.69, 9.17) is 5.14 Å². The Morgan fingerprint density at radius 3 is 2.60 bits per heavy atom. The molecule has 1 heterocycles. The van der Waals surface area contributed by atoms with Gasteiger partial charge in [-0.15, -0.1) is 0 Å². The van der Waals surface area contributed by atoms with Crippen LogP contribution in [0.5, 0.6) is 0 Å². The summed E-state index contributed by atoms with van der Waals surface area (Å²) >= 11 is 0. The van der Waals surface area contributed by atoms with Crippen LogP contribution in [0.15, 0.2) is 53.4 Å². The van der Waals surface area contributed by atoms with Gasteiger partial charge in [0, 0.05) is 18.8 Å². The molecule has 0 bridgehead atoms. The lowest BCUT2D eigenvalue weighted by Crippen LogP contribution is -2.44. The van der Waals surface area contributed by atoms with Gasteiger partial charge in [-0.2, -0.15) is 0 Å². The Labute approximate surface area is 147 Å². The third kappa shape index (κ3) is 4.07. The maximum atomic E-state index is 12.6. The second-order valence-corrected chi connectivity index (χ2v) is 7.79. The summed E-state index contributed by atoms with van der Waals surface area (Å²) < 4.78 is 22.9. The average Bonchev–Trinajstić information content (AvgIpc) is 2.60. The molecule has 132 valence electrons. The van der Waals surface area contributed by atoms with E-state index >= 15 is 0 Å². The van der Waals surface area contributed by atoms with Crippen molar-refractivity contribution in [2.24, 2.45) is 5.14 Å². The van der Waals surface area contributed by atoms with Gasteiger partial charge in [0.2, 0.25) is 15.9 Å². The molecule has 1 atom stereocenters. The third-order valence-electron chi connectivity index (χ3n) is 4.52. The largest absolute Gasteiger partial charge is 0.325 e. The minimum atomic E-state index is -3.80. The number of benzene rings is 2. The number of nitrogens with zero attached hydrogens (tertiary/aromatic N) is 1. The Kier molecular flexibility index (Phi) is 4.89. The van der Waals surface area contributed by atoms with Gasteiger partial charge in [-0.1, -0.05) is 30.3 Å². The van der Waals surface area contributed by atoms with Gasteiger partial charge >= 0.3 is 0 Å². The van der Waals surface area contributed by atoms with E-state index in [9.17, 15) is 13.2 Å². The number of fused-ring (bicyclic) bond motifs is 1. The van der Waals surface area contributed by atoms with Crippen LogP contribution >= 0.6 is 0 Å². The first-order valence-corrected chi connectivity index (χ1v) is 9.64. The highest BCUT2D eigenvalue weighted by Gasteiger charge is 2.25. The standard InChI is InChI=1S/C18H21N3O3S/c1-13(21-10-9-14-5-2-3-6-15(14)12-21)18(22)20-16-7-4-8-17(11-16)25(19,23)24/h2-8,11,13H,9-10,12H2,1H3,(H,20,22)(H2,19,23,24)/t13-/m1/s1. The highest BCUT2D eigenvalue weighted by atomic mass is 32.2. The number of carbonyl (C=O) groups excluding carboxylic acids is 1. The molecule has 1 aliphatic heterocycles. The minimum Gasteiger partial charge on any atom is -0.325 e. The number of amides is 1. The molecule has 3 N–H and O–H groups in total. The lowest BCUT2D eigenvalue weighted by atomic mass is 9.99. The van der Waals surface area contributed by atoms with Gasteiger partial charge in [0.05, 0.1) is 10.9 Å². The van der Waals surface area contributed by atoms with E-state index in [-0.39, 0.29) is 16.8 Å². The lowest BCUT2D eigenvalue weighted by molar-refractivity contribution is -0.121. The van der Waals surface area contributed by atoms with Crippen molar-refractivity contribution in [2.75, 3.05) is 11.9 Å². The number of carbonyl (C=O) groups is 1. The molecule has 1 amide bonds. The molecule has 0 fully saturated rings. The van der Waals surface area contributed by atoms with Crippen molar-refractivity contribution in [1.82, 2.24) is 4.90 Å². The minimum absolute atomic E-state index is 0.0233. The maximum absolute atomic E-state index is 12.6. The summed E-state index contributed by atoms with van der Waals surface area (Å²) in [5.74, 6) is -0.175. The van der Waals surface area contributed by atoms with Crippen molar-refractivity contribution in [2.45, 2.75) is 30.8 Å². The van der Waals surface area contributed by atoms with Crippen molar-refractivity contribution in [3.05, 3.63) is 59.7 Å². The monoisotopic (exact) mass is 359 g/mol. The van der Waals surface area contributed by atoms with Crippen LogP contribution in [-0.2, 0) is 27.8 Å². The zero-order valence-electron chi connectivity index (χ0n) is 14.0. The average molecular weight is 359 g/mol. The fourth-order valence-corrected chi connectivity index (χ4v) is 3.57. The Morgan fingerprint density at radius 1 is 1.16 bits per heavy atom. The number of nitrogens with two attached hydrogens (primary N) is 1. The number of primary sulfonamides is 1. The number of rotatable bonds is 4.